The normalized spacial score (nSPS) is 10.0. The topological polar surface area (TPSA) is 63.8 Å². The van der Waals surface area contributed by atoms with E-state index in [1.807, 2.05) is 0 Å². The summed E-state index contributed by atoms with van der Waals surface area (Å²) in [7, 11) is 0. The summed E-state index contributed by atoms with van der Waals surface area (Å²) >= 11 is 0. The second-order valence-corrected chi connectivity index (χ2v) is 2.22. The van der Waals surface area contributed by atoms with Crippen molar-refractivity contribution in [1.82, 2.24) is 20.0 Å². The van der Waals surface area contributed by atoms with E-state index in [1.54, 1.807) is 24.5 Å². The van der Waals surface area contributed by atoms with Gasteiger partial charge in [0.05, 0.1) is 18.6 Å². The molecule has 2 aromatic rings. The summed E-state index contributed by atoms with van der Waals surface area (Å²) in [4.78, 5) is 3.93. The summed E-state index contributed by atoms with van der Waals surface area (Å²) in [6, 6.07) is 3.20. The van der Waals surface area contributed by atoms with Gasteiger partial charge < -0.3 is 5.11 Å². The highest BCUT2D eigenvalue weighted by Gasteiger charge is 1.96. The zero-order valence-corrected chi connectivity index (χ0v) is 6.12. The van der Waals surface area contributed by atoms with Crippen molar-refractivity contribution in [3.63, 3.8) is 0 Å². The molecule has 0 fully saturated rings. The predicted octanol–water partition coefficient (Wildman–Crippen LogP) is 0.368. The number of pyridine rings is 1. The monoisotopic (exact) mass is 162 g/mol. The highest BCUT2D eigenvalue weighted by atomic mass is 16.3. The van der Waals surface area contributed by atoms with Crippen LogP contribution in [-0.4, -0.2) is 25.1 Å². The Morgan fingerprint density at radius 1 is 1.33 bits per heavy atom. The van der Waals surface area contributed by atoms with Crippen LogP contribution in [0, 0.1) is 0 Å². The minimum absolute atomic E-state index is 0.138. The first-order chi connectivity index (χ1) is 5.86. The van der Waals surface area contributed by atoms with Gasteiger partial charge in [-0.25, -0.2) is 9.67 Å². The summed E-state index contributed by atoms with van der Waals surface area (Å²) in [5.74, 6) is 0.768. The SMILES string of the molecule is Oc1ccc(-n2ccnn2)nc1. The standard InChI is InChI=1S/C7H6N4O/c12-6-1-2-7(8-5-6)11-4-3-9-10-11/h1-5,12H. The molecule has 0 atom stereocenters. The van der Waals surface area contributed by atoms with E-state index < -0.39 is 0 Å². The third-order valence-corrected chi connectivity index (χ3v) is 1.39. The number of hydrogen-bond acceptors (Lipinski definition) is 4. The maximum Gasteiger partial charge on any atom is 0.155 e. The molecule has 1 N–H and O–H groups in total. The number of nitrogens with zero attached hydrogens (tertiary/aromatic N) is 4. The Balaban J connectivity index is 2.43. The average molecular weight is 162 g/mol. The molecule has 0 spiro atoms. The van der Waals surface area contributed by atoms with Crippen LogP contribution in [0.3, 0.4) is 0 Å². The van der Waals surface area contributed by atoms with Gasteiger partial charge in [0.15, 0.2) is 5.82 Å². The molecule has 5 nitrogen and oxygen atoms in total. The Morgan fingerprint density at radius 3 is 2.83 bits per heavy atom. The third kappa shape index (κ3) is 1.12. The highest BCUT2D eigenvalue weighted by Crippen LogP contribution is 2.07. The van der Waals surface area contributed by atoms with Gasteiger partial charge >= 0.3 is 0 Å². The molecule has 0 aliphatic carbocycles. The van der Waals surface area contributed by atoms with E-state index >= 15 is 0 Å². The van der Waals surface area contributed by atoms with Crippen LogP contribution in [-0.2, 0) is 0 Å². The number of rotatable bonds is 1. The van der Waals surface area contributed by atoms with Crippen LogP contribution in [0.5, 0.6) is 5.75 Å². The lowest BCUT2D eigenvalue weighted by Gasteiger charge is -1.97. The zero-order chi connectivity index (χ0) is 8.39. The predicted molar refractivity (Wildman–Crippen MR) is 40.8 cm³/mol. The average Bonchev–Trinajstić information content (AvgIpc) is 2.58. The van der Waals surface area contributed by atoms with Crippen molar-refractivity contribution in [1.29, 1.82) is 0 Å². The first-order valence-electron chi connectivity index (χ1n) is 3.38. The smallest absolute Gasteiger partial charge is 0.155 e. The fourth-order valence-corrected chi connectivity index (χ4v) is 0.844. The van der Waals surface area contributed by atoms with Gasteiger partial charge in [-0.3, -0.25) is 0 Å². The van der Waals surface area contributed by atoms with Crippen molar-refractivity contribution in [3.8, 4) is 11.6 Å². The van der Waals surface area contributed by atoms with Crippen LogP contribution in [0.15, 0.2) is 30.7 Å². The van der Waals surface area contributed by atoms with E-state index in [2.05, 4.69) is 15.3 Å². The number of hydrogen-bond donors (Lipinski definition) is 1. The molecule has 2 aromatic heterocycles. The molecule has 2 rings (SSSR count). The van der Waals surface area contributed by atoms with Gasteiger partial charge in [0, 0.05) is 0 Å². The second kappa shape index (κ2) is 2.61. The van der Waals surface area contributed by atoms with E-state index in [9.17, 15) is 0 Å². The summed E-state index contributed by atoms with van der Waals surface area (Å²) in [5, 5.41) is 16.3. The van der Waals surface area contributed by atoms with Crippen molar-refractivity contribution in [3.05, 3.63) is 30.7 Å². The van der Waals surface area contributed by atoms with Crippen molar-refractivity contribution < 1.29 is 5.11 Å². The van der Waals surface area contributed by atoms with Gasteiger partial charge in [0.2, 0.25) is 0 Å². The van der Waals surface area contributed by atoms with Crippen LogP contribution < -0.4 is 0 Å². The van der Waals surface area contributed by atoms with Crippen molar-refractivity contribution in [2.24, 2.45) is 0 Å². The highest BCUT2D eigenvalue weighted by molar-refractivity contribution is 5.26. The van der Waals surface area contributed by atoms with E-state index in [-0.39, 0.29) is 5.75 Å². The van der Waals surface area contributed by atoms with Gasteiger partial charge in [-0.1, -0.05) is 5.21 Å². The molecule has 12 heavy (non-hydrogen) atoms. The lowest BCUT2D eigenvalue weighted by molar-refractivity contribution is 0.472. The van der Waals surface area contributed by atoms with Crippen LogP contribution >= 0.6 is 0 Å². The Morgan fingerprint density at radius 2 is 2.25 bits per heavy atom. The molecule has 0 aliphatic heterocycles. The third-order valence-electron chi connectivity index (χ3n) is 1.39. The van der Waals surface area contributed by atoms with E-state index in [4.69, 9.17) is 5.11 Å². The first-order valence-corrected chi connectivity index (χ1v) is 3.38. The lowest BCUT2D eigenvalue weighted by atomic mass is 10.4. The molecule has 0 amide bonds. The molecule has 0 radical (unpaired) electrons. The summed E-state index contributed by atoms with van der Waals surface area (Å²) in [6.45, 7) is 0. The molecule has 0 aromatic carbocycles. The zero-order valence-electron chi connectivity index (χ0n) is 6.12. The first kappa shape index (κ1) is 6.78. The summed E-state index contributed by atoms with van der Waals surface area (Å²) in [5.41, 5.74) is 0. The molecular weight excluding hydrogens is 156 g/mol. The van der Waals surface area contributed by atoms with Gasteiger partial charge in [-0.2, -0.15) is 0 Å². The van der Waals surface area contributed by atoms with Crippen LogP contribution in [0.2, 0.25) is 0 Å². The number of aromatic nitrogens is 4. The maximum absolute atomic E-state index is 8.95. The fraction of sp³-hybridized carbons (Fsp3) is 0. The number of aromatic hydroxyl groups is 1. The second-order valence-electron chi connectivity index (χ2n) is 2.22. The van der Waals surface area contributed by atoms with Crippen molar-refractivity contribution in [2.75, 3.05) is 0 Å². The minimum atomic E-state index is 0.138. The van der Waals surface area contributed by atoms with Crippen LogP contribution in [0.4, 0.5) is 0 Å². The maximum atomic E-state index is 8.95. The minimum Gasteiger partial charge on any atom is -0.506 e. The van der Waals surface area contributed by atoms with E-state index in [1.165, 1.54) is 10.9 Å². The van der Waals surface area contributed by atoms with Gasteiger partial charge in [-0.15, -0.1) is 5.10 Å². The fourth-order valence-electron chi connectivity index (χ4n) is 0.844. The molecule has 0 saturated heterocycles. The molecule has 60 valence electrons. The van der Waals surface area contributed by atoms with Crippen molar-refractivity contribution >= 4 is 0 Å². The molecule has 0 bridgehead atoms. The molecule has 2 heterocycles. The summed E-state index contributed by atoms with van der Waals surface area (Å²) < 4.78 is 1.51. The largest absolute Gasteiger partial charge is 0.506 e. The Bertz CT molecular complexity index is 353. The molecule has 5 heteroatoms. The van der Waals surface area contributed by atoms with E-state index in [0.29, 0.717) is 5.82 Å². The Kier molecular flexibility index (Phi) is 1.48. The Labute approximate surface area is 68.3 Å². The van der Waals surface area contributed by atoms with Gasteiger partial charge in [0.1, 0.15) is 5.75 Å². The Hall–Kier alpha value is -1.91. The van der Waals surface area contributed by atoms with E-state index in [0.717, 1.165) is 0 Å². The molecule has 0 aliphatic rings. The quantitative estimate of drug-likeness (QED) is 0.657. The lowest BCUT2D eigenvalue weighted by Crippen LogP contribution is -1.96. The molecule has 0 saturated carbocycles. The molecular formula is C7H6N4O. The van der Waals surface area contributed by atoms with Gasteiger partial charge in [0.25, 0.3) is 0 Å². The van der Waals surface area contributed by atoms with Crippen molar-refractivity contribution in [2.45, 2.75) is 0 Å². The molecule has 0 unspecified atom stereocenters. The van der Waals surface area contributed by atoms with Gasteiger partial charge in [-0.05, 0) is 12.1 Å². The van der Waals surface area contributed by atoms with Crippen LogP contribution in [0.25, 0.3) is 5.82 Å². The van der Waals surface area contributed by atoms with Crippen LogP contribution in [0.1, 0.15) is 0 Å². The summed E-state index contributed by atoms with van der Waals surface area (Å²) in [6.07, 6.45) is 4.60.